The standard InChI is InChI=1S/C33H47N3O8/c1-22(2)36(31(39)24-14-15-27(42-7)28(18-24)43-17-11-16-41-6)20-25-19-35(32(40)44-33(3,4)5)21-26(25)34-30(38)29(37)23-12-9-8-10-13-23/h8-10,12-15,18,22,25-26,29,37H,11,16-17,19-21H2,1-7H3,(H,34,38)/t25-,26+,29?/m0/s1. The average molecular weight is 614 g/mol. The monoisotopic (exact) mass is 613 g/mol. The normalized spacial score (nSPS) is 17.2. The lowest BCUT2D eigenvalue weighted by atomic mass is 10.0. The third-order valence-electron chi connectivity index (χ3n) is 7.26. The molecule has 1 saturated heterocycles. The van der Waals surface area contributed by atoms with Crippen molar-refractivity contribution in [3.63, 3.8) is 0 Å². The Morgan fingerprint density at radius 3 is 2.34 bits per heavy atom. The molecule has 0 spiro atoms. The van der Waals surface area contributed by atoms with E-state index in [9.17, 15) is 19.5 Å². The van der Waals surface area contributed by atoms with E-state index in [0.717, 1.165) is 0 Å². The lowest BCUT2D eigenvalue weighted by Gasteiger charge is -2.32. The van der Waals surface area contributed by atoms with Gasteiger partial charge in [-0.05, 0) is 58.4 Å². The summed E-state index contributed by atoms with van der Waals surface area (Å²) in [4.78, 5) is 43.3. The number of rotatable bonds is 13. The molecule has 1 heterocycles. The summed E-state index contributed by atoms with van der Waals surface area (Å²) in [5.74, 6) is -0.169. The van der Waals surface area contributed by atoms with E-state index in [0.29, 0.717) is 42.3 Å². The molecule has 44 heavy (non-hydrogen) atoms. The predicted octanol–water partition coefficient (Wildman–Crippen LogP) is 4.05. The summed E-state index contributed by atoms with van der Waals surface area (Å²) >= 11 is 0. The van der Waals surface area contributed by atoms with Crippen LogP contribution in [0.3, 0.4) is 0 Å². The van der Waals surface area contributed by atoms with Crippen LogP contribution in [0.15, 0.2) is 48.5 Å². The van der Waals surface area contributed by atoms with Gasteiger partial charge in [0, 0.05) is 57.3 Å². The Balaban J connectivity index is 1.83. The van der Waals surface area contributed by atoms with Crippen molar-refractivity contribution >= 4 is 17.9 Å². The number of likely N-dealkylation sites (tertiary alicyclic amines) is 1. The molecule has 3 atom stereocenters. The number of hydrogen-bond donors (Lipinski definition) is 2. The molecule has 2 N–H and O–H groups in total. The molecule has 3 rings (SSSR count). The van der Waals surface area contributed by atoms with Crippen molar-refractivity contribution in [2.24, 2.45) is 5.92 Å². The smallest absolute Gasteiger partial charge is 0.410 e. The van der Waals surface area contributed by atoms with Crippen LogP contribution in [0.1, 0.15) is 63.1 Å². The zero-order valence-electron chi connectivity index (χ0n) is 26.9. The van der Waals surface area contributed by atoms with Gasteiger partial charge in [0.2, 0.25) is 0 Å². The van der Waals surface area contributed by atoms with Gasteiger partial charge < -0.3 is 39.2 Å². The predicted molar refractivity (Wildman–Crippen MR) is 166 cm³/mol. The van der Waals surface area contributed by atoms with Crippen LogP contribution in [0.5, 0.6) is 11.5 Å². The van der Waals surface area contributed by atoms with Gasteiger partial charge in [-0.2, -0.15) is 0 Å². The number of hydrogen-bond acceptors (Lipinski definition) is 8. The third-order valence-corrected chi connectivity index (χ3v) is 7.26. The fourth-order valence-corrected chi connectivity index (χ4v) is 5.00. The van der Waals surface area contributed by atoms with E-state index in [1.807, 2.05) is 13.8 Å². The first-order valence-corrected chi connectivity index (χ1v) is 15.0. The Hall–Kier alpha value is -3.83. The maximum atomic E-state index is 13.9. The highest BCUT2D eigenvalue weighted by Gasteiger charge is 2.40. The van der Waals surface area contributed by atoms with Gasteiger partial charge in [-0.3, -0.25) is 9.59 Å². The van der Waals surface area contributed by atoms with E-state index in [1.165, 1.54) is 4.90 Å². The maximum Gasteiger partial charge on any atom is 0.410 e. The van der Waals surface area contributed by atoms with Gasteiger partial charge in [0.05, 0.1) is 19.8 Å². The number of benzene rings is 2. The molecule has 2 aromatic rings. The van der Waals surface area contributed by atoms with Crippen molar-refractivity contribution in [2.45, 2.75) is 64.8 Å². The first-order chi connectivity index (χ1) is 20.8. The van der Waals surface area contributed by atoms with Crippen LogP contribution in [0.4, 0.5) is 4.79 Å². The number of ether oxygens (including phenoxy) is 4. The van der Waals surface area contributed by atoms with Crippen molar-refractivity contribution in [3.8, 4) is 11.5 Å². The summed E-state index contributed by atoms with van der Waals surface area (Å²) < 4.78 is 22.0. The molecule has 0 aromatic heterocycles. The van der Waals surface area contributed by atoms with Gasteiger partial charge in [0.15, 0.2) is 17.6 Å². The van der Waals surface area contributed by atoms with Crippen LogP contribution in [0.25, 0.3) is 0 Å². The minimum absolute atomic E-state index is 0.176. The molecular weight excluding hydrogens is 566 g/mol. The van der Waals surface area contributed by atoms with Gasteiger partial charge >= 0.3 is 6.09 Å². The van der Waals surface area contributed by atoms with E-state index in [2.05, 4.69) is 5.32 Å². The van der Waals surface area contributed by atoms with E-state index >= 15 is 0 Å². The van der Waals surface area contributed by atoms with Crippen LogP contribution < -0.4 is 14.8 Å². The number of amides is 3. The molecule has 2 aromatic carbocycles. The summed E-state index contributed by atoms with van der Waals surface area (Å²) in [6, 6.07) is 13.0. The summed E-state index contributed by atoms with van der Waals surface area (Å²) in [5, 5.41) is 13.7. The fraction of sp³-hybridized carbons (Fsp3) is 0.545. The Kier molecular flexibility index (Phi) is 12.4. The summed E-state index contributed by atoms with van der Waals surface area (Å²) in [6.07, 6.45) is -1.20. The van der Waals surface area contributed by atoms with Gasteiger partial charge in [0.1, 0.15) is 5.60 Å². The van der Waals surface area contributed by atoms with Crippen LogP contribution in [0.2, 0.25) is 0 Å². The molecule has 11 nitrogen and oxygen atoms in total. The van der Waals surface area contributed by atoms with Crippen molar-refractivity contribution in [1.82, 2.24) is 15.1 Å². The Morgan fingerprint density at radius 2 is 1.73 bits per heavy atom. The van der Waals surface area contributed by atoms with Crippen molar-refractivity contribution in [3.05, 3.63) is 59.7 Å². The van der Waals surface area contributed by atoms with Crippen LogP contribution in [-0.2, 0) is 14.3 Å². The largest absolute Gasteiger partial charge is 0.493 e. The first-order valence-electron chi connectivity index (χ1n) is 15.0. The van der Waals surface area contributed by atoms with E-state index < -0.39 is 29.7 Å². The third kappa shape index (κ3) is 9.59. The van der Waals surface area contributed by atoms with Crippen LogP contribution >= 0.6 is 0 Å². The molecule has 1 aliphatic rings. The molecule has 0 radical (unpaired) electrons. The fourth-order valence-electron chi connectivity index (χ4n) is 5.00. The number of carbonyl (C=O) groups is 3. The highest BCUT2D eigenvalue weighted by molar-refractivity contribution is 5.95. The van der Waals surface area contributed by atoms with Crippen LogP contribution in [0, 0.1) is 5.92 Å². The molecule has 0 bridgehead atoms. The molecule has 1 unspecified atom stereocenters. The number of carbonyl (C=O) groups excluding carboxylic acids is 3. The topological polar surface area (TPSA) is 127 Å². The Labute approximate surface area is 260 Å². The SMILES string of the molecule is COCCCOc1cc(C(=O)N(C[C@@H]2CN(C(=O)OC(C)(C)C)C[C@H]2NC(=O)C(O)c2ccccc2)C(C)C)ccc1OC. The maximum absolute atomic E-state index is 13.9. The second-order valence-electron chi connectivity index (χ2n) is 12.2. The lowest BCUT2D eigenvalue weighted by molar-refractivity contribution is -0.130. The number of nitrogens with one attached hydrogen (secondary N) is 1. The zero-order chi connectivity index (χ0) is 32.4. The second kappa shape index (κ2) is 15.8. The van der Waals surface area contributed by atoms with Crippen molar-refractivity contribution < 1.29 is 38.4 Å². The van der Waals surface area contributed by atoms with Gasteiger partial charge in [0.25, 0.3) is 11.8 Å². The number of nitrogens with zero attached hydrogens (tertiary/aromatic N) is 2. The average Bonchev–Trinajstić information content (AvgIpc) is 3.39. The van der Waals surface area contributed by atoms with Crippen LogP contribution in [-0.4, -0.2) is 97.6 Å². The summed E-state index contributed by atoms with van der Waals surface area (Å²) in [5.41, 5.74) is 0.181. The zero-order valence-corrected chi connectivity index (χ0v) is 26.9. The lowest BCUT2D eigenvalue weighted by Crippen LogP contribution is -2.48. The van der Waals surface area contributed by atoms with Gasteiger partial charge in [-0.15, -0.1) is 0 Å². The second-order valence-corrected chi connectivity index (χ2v) is 12.2. The van der Waals surface area contributed by atoms with Gasteiger partial charge in [-0.25, -0.2) is 4.79 Å². The number of aliphatic hydroxyl groups is 1. The first kappa shape index (κ1) is 34.7. The molecule has 11 heteroatoms. The number of aliphatic hydroxyl groups excluding tert-OH is 1. The molecular formula is C33H47N3O8. The van der Waals surface area contributed by atoms with Gasteiger partial charge in [-0.1, -0.05) is 30.3 Å². The molecule has 1 fully saturated rings. The molecule has 242 valence electrons. The molecule has 0 saturated carbocycles. The molecule has 1 aliphatic heterocycles. The highest BCUT2D eigenvalue weighted by atomic mass is 16.6. The quantitative estimate of drug-likeness (QED) is 0.324. The summed E-state index contributed by atoms with van der Waals surface area (Å²) in [7, 11) is 3.16. The Bertz CT molecular complexity index is 1250. The summed E-state index contributed by atoms with van der Waals surface area (Å²) in [6.45, 7) is 10.8. The van der Waals surface area contributed by atoms with E-state index in [-0.39, 0.29) is 37.5 Å². The van der Waals surface area contributed by atoms with Crippen molar-refractivity contribution in [1.29, 1.82) is 0 Å². The van der Waals surface area contributed by atoms with Crippen molar-refractivity contribution in [2.75, 3.05) is 47.1 Å². The Morgan fingerprint density at radius 1 is 1.02 bits per heavy atom. The minimum Gasteiger partial charge on any atom is -0.493 e. The number of methoxy groups -OCH3 is 2. The minimum atomic E-state index is -1.38. The highest BCUT2D eigenvalue weighted by Crippen LogP contribution is 2.30. The molecule has 3 amide bonds. The van der Waals surface area contributed by atoms with E-state index in [4.69, 9.17) is 18.9 Å². The van der Waals surface area contributed by atoms with E-state index in [1.54, 1.807) is 88.4 Å². The molecule has 0 aliphatic carbocycles.